The number of allylic oxidation sites excluding steroid dienone is 5. The highest BCUT2D eigenvalue weighted by atomic mass is 79.9. The predicted octanol–water partition coefficient (Wildman–Crippen LogP) is 2.67. The summed E-state index contributed by atoms with van der Waals surface area (Å²) in [5.41, 5.74) is -0.00484. The van der Waals surface area contributed by atoms with E-state index in [4.69, 9.17) is 0 Å². The minimum absolute atomic E-state index is 0.126. The van der Waals surface area contributed by atoms with E-state index < -0.39 is 0 Å². The van der Waals surface area contributed by atoms with Crippen LogP contribution in [0.1, 0.15) is 6.92 Å². The quantitative estimate of drug-likeness (QED) is 0.425. The Bertz CT molecular complexity index is 307. The van der Waals surface area contributed by atoms with Crippen LogP contribution >= 0.6 is 15.9 Å². The van der Waals surface area contributed by atoms with Crippen LogP contribution in [0.3, 0.4) is 0 Å². The van der Waals surface area contributed by atoms with Gasteiger partial charge >= 0.3 is 0 Å². The second kappa shape index (κ2) is 3.87. The number of rotatable bonds is 2. The third kappa shape index (κ3) is 2.52. The molecule has 70 valence electrons. The summed E-state index contributed by atoms with van der Waals surface area (Å²) in [5, 5.41) is 11.2. The molecule has 0 radical (unpaired) electrons. The summed E-state index contributed by atoms with van der Waals surface area (Å²) in [6, 6.07) is 0. The van der Waals surface area contributed by atoms with Gasteiger partial charge in [0.2, 0.25) is 0 Å². The summed E-state index contributed by atoms with van der Waals surface area (Å²) < 4.78 is 0. The second-order valence-electron chi connectivity index (χ2n) is 3.18. The van der Waals surface area contributed by atoms with Gasteiger partial charge in [0, 0.05) is 22.9 Å². The molecule has 1 aliphatic rings. The lowest BCUT2D eigenvalue weighted by atomic mass is 9.93. The normalized spacial score (nSPS) is 26.8. The number of nitrogens with zero attached hydrogens (tertiary/aromatic N) is 1. The standard InChI is InChI=1S/C9H10BrNO2/c1-9(7-10)5-2-3-8(4-6-9)11(12)13/h2-6H,7H2,1H3. The summed E-state index contributed by atoms with van der Waals surface area (Å²) >= 11 is 3.36. The Morgan fingerprint density at radius 1 is 1.62 bits per heavy atom. The number of halogens is 1. The molecule has 3 nitrogen and oxygen atoms in total. The average Bonchev–Trinajstić information content (AvgIpc) is 2.28. The molecule has 0 bridgehead atoms. The van der Waals surface area contributed by atoms with Crippen LogP contribution in [0.4, 0.5) is 0 Å². The predicted molar refractivity (Wildman–Crippen MR) is 55.3 cm³/mol. The van der Waals surface area contributed by atoms with Crippen LogP contribution in [0, 0.1) is 15.5 Å². The van der Waals surface area contributed by atoms with Crippen LogP contribution in [-0.4, -0.2) is 10.3 Å². The van der Waals surface area contributed by atoms with Crippen LogP contribution in [0.2, 0.25) is 0 Å². The molecule has 0 fully saturated rings. The molecule has 0 aromatic rings. The molecule has 1 aliphatic carbocycles. The molecular weight excluding hydrogens is 234 g/mol. The van der Waals surface area contributed by atoms with Gasteiger partial charge in [-0.2, -0.15) is 0 Å². The minimum atomic E-state index is -0.388. The van der Waals surface area contributed by atoms with E-state index in [1.54, 1.807) is 12.2 Å². The Labute approximate surface area is 85.1 Å². The molecule has 0 saturated carbocycles. The fourth-order valence-corrected chi connectivity index (χ4v) is 1.34. The zero-order chi connectivity index (χ0) is 9.90. The SMILES string of the molecule is CC1(CBr)C=CC=C([N+](=O)[O-])C=C1. The number of hydrogen-bond donors (Lipinski definition) is 0. The van der Waals surface area contributed by atoms with E-state index in [1.807, 2.05) is 19.1 Å². The summed E-state index contributed by atoms with van der Waals surface area (Å²) in [7, 11) is 0. The van der Waals surface area contributed by atoms with Crippen molar-refractivity contribution in [2.75, 3.05) is 5.33 Å². The maximum absolute atomic E-state index is 10.4. The molecule has 0 N–H and O–H groups in total. The van der Waals surface area contributed by atoms with Crippen LogP contribution in [0.5, 0.6) is 0 Å². The highest BCUT2D eigenvalue weighted by Crippen LogP contribution is 2.26. The lowest BCUT2D eigenvalue weighted by Crippen LogP contribution is -2.10. The molecule has 13 heavy (non-hydrogen) atoms. The topological polar surface area (TPSA) is 43.1 Å². The van der Waals surface area contributed by atoms with E-state index in [1.165, 1.54) is 6.08 Å². The first-order chi connectivity index (χ1) is 6.07. The summed E-state index contributed by atoms with van der Waals surface area (Å²) in [6.07, 6.45) is 8.54. The van der Waals surface area contributed by atoms with Crippen LogP contribution in [0.15, 0.2) is 36.1 Å². The van der Waals surface area contributed by atoms with Crippen molar-refractivity contribution in [3.8, 4) is 0 Å². The van der Waals surface area contributed by atoms with Crippen molar-refractivity contribution in [1.82, 2.24) is 0 Å². The molecule has 1 atom stereocenters. The molecule has 4 heteroatoms. The molecule has 0 spiro atoms. The van der Waals surface area contributed by atoms with E-state index in [0.29, 0.717) is 0 Å². The molecule has 0 amide bonds. The van der Waals surface area contributed by atoms with E-state index in [-0.39, 0.29) is 16.0 Å². The molecular formula is C9H10BrNO2. The van der Waals surface area contributed by atoms with Gasteiger partial charge in [0.1, 0.15) is 0 Å². The largest absolute Gasteiger partial charge is 0.269 e. The minimum Gasteiger partial charge on any atom is -0.258 e. The fourth-order valence-electron chi connectivity index (χ4n) is 0.964. The molecule has 0 aromatic heterocycles. The third-order valence-corrected chi connectivity index (χ3v) is 3.09. The van der Waals surface area contributed by atoms with Gasteiger partial charge in [-0.1, -0.05) is 41.1 Å². The first-order valence-electron chi connectivity index (χ1n) is 3.86. The molecule has 0 heterocycles. The van der Waals surface area contributed by atoms with E-state index in [0.717, 1.165) is 5.33 Å². The molecule has 0 aromatic carbocycles. The number of nitro groups is 1. The Hall–Kier alpha value is -0.900. The number of alkyl halides is 1. The van der Waals surface area contributed by atoms with Gasteiger partial charge in [-0.3, -0.25) is 10.1 Å². The van der Waals surface area contributed by atoms with Gasteiger partial charge in [-0.05, 0) is 0 Å². The van der Waals surface area contributed by atoms with Crippen LogP contribution in [-0.2, 0) is 0 Å². The van der Waals surface area contributed by atoms with Gasteiger partial charge in [-0.15, -0.1) is 0 Å². The Morgan fingerprint density at radius 3 is 2.85 bits per heavy atom. The lowest BCUT2D eigenvalue weighted by Gasteiger charge is -2.16. The highest BCUT2D eigenvalue weighted by molar-refractivity contribution is 9.09. The Balaban J connectivity index is 2.93. The van der Waals surface area contributed by atoms with Gasteiger partial charge in [0.15, 0.2) is 0 Å². The highest BCUT2D eigenvalue weighted by Gasteiger charge is 2.18. The Kier molecular flexibility index (Phi) is 3.03. The van der Waals surface area contributed by atoms with Crippen molar-refractivity contribution < 1.29 is 4.92 Å². The summed E-state index contributed by atoms with van der Waals surface area (Å²) in [4.78, 5) is 10.1. The first-order valence-corrected chi connectivity index (χ1v) is 4.99. The van der Waals surface area contributed by atoms with Gasteiger partial charge < -0.3 is 0 Å². The summed E-state index contributed by atoms with van der Waals surface area (Å²) in [6.45, 7) is 2.01. The molecule has 0 saturated heterocycles. The van der Waals surface area contributed by atoms with Crippen molar-refractivity contribution >= 4 is 15.9 Å². The maximum atomic E-state index is 10.4. The van der Waals surface area contributed by atoms with Crippen LogP contribution < -0.4 is 0 Å². The fraction of sp³-hybridized carbons (Fsp3) is 0.333. The lowest BCUT2D eigenvalue weighted by molar-refractivity contribution is -0.419. The van der Waals surface area contributed by atoms with Crippen molar-refractivity contribution in [1.29, 1.82) is 0 Å². The van der Waals surface area contributed by atoms with Gasteiger partial charge in [0.05, 0.1) is 4.92 Å². The van der Waals surface area contributed by atoms with E-state index >= 15 is 0 Å². The van der Waals surface area contributed by atoms with E-state index in [9.17, 15) is 10.1 Å². The van der Waals surface area contributed by atoms with Crippen LogP contribution in [0.25, 0.3) is 0 Å². The van der Waals surface area contributed by atoms with Crippen molar-refractivity contribution in [3.63, 3.8) is 0 Å². The molecule has 0 aliphatic heterocycles. The second-order valence-corrected chi connectivity index (χ2v) is 3.74. The van der Waals surface area contributed by atoms with Crippen molar-refractivity contribution in [2.24, 2.45) is 5.41 Å². The van der Waals surface area contributed by atoms with Crippen molar-refractivity contribution in [2.45, 2.75) is 6.92 Å². The maximum Gasteiger partial charge on any atom is 0.269 e. The zero-order valence-electron chi connectivity index (χ0n) is 7.24. The molecule has 1 rings (SSSR count). The van der Waals surface area contributed by atoms with Gasteiger partial charge in [0.25, 0.3) is 5.70 Å². The zero-order valence-corrected chi connectivity index (χ0v) is 8.82. The number of hydrogen-bond acceptors (Lipinski definition) is 2. The van der Waals surface area contributed by atoms with E-state index in [2.05, 4.69) is 15.9 Å². The summed E-state index contributed by atoms with van der Waals surface area (Å²) in [5.74, 6) is 0. The smallest absolute Gasteiger partial charge is 0.258 e. The first kappa shape index (κ1) is 10.2. The Morgan fingerprint density at radius 2 is 2.31 bits per heavy atom. The van der Waals surface area contributed by atoms with Gasteiger partial charge in [-0.25, -0.2) is 0 Å². The molecule has 1 unspecified atom stereocenters. The average molecular weight is 244 g/mol. The monoisotopic (exact) mass is 243 g/mol. The van der Waals surface area contributed by atoms with Crippen molar-refractivity contribution in [3.05, 3.63) is 46.2 Å². The third-order valence-electron chi connectivity index (χ3n) is 1.88.